The normalized spacial score (nSPS) is 11.8. The Morgan fingerprint density at radius 2 is 1.66 bits per heavy atom. The topological polar surface area (TPSA) is 143 Å². The van der Waals surface area contributed by atoms with Gasteiger partial charge in [-0.1, -0.05) is 39.5 Å². The number of phenols is 1. The number of hydrogen-bond donors (Lipinski definition) is 4. The number of sulfonamides is 1. The maximum absolute atomic E-state index is 13.3. The van der Waals surface area contributed by atoms with Crippen LogP contribution in [0.3, 0.4) is 0 Å². The van der Waals surface area contributed by atoms with Crippen molar-refractivity contribution in [1.29, 1.82) is 0 Å². The number of nitrogens with zero attached hydrogens (tertiary/aromatic N) is 2. The predicted octanol–water partition coefficient (Wildman–Crippen LogP) is 5.51. The maximum Gasteiger partial charge on any atom is 0.263 e. The van der Waals surface area contributed by atoms with Crippen molar-refractivity contribution >= 4 is 50.0 Å². The molecule has 0 bridgehead atoms. The van der Waals surface area contributed by atoms with E-state index in [1.165, 1.54) is 31.4 Å². The van der Waals surface area contributed by atoms with Gasteiger partial charge in [-0.3, -0.25) is 9.52 Å². The molecule has 0 aliphatic heterocycles. The fourth-order valence-corrected chi connectivity index (χ4v) is 4.50. The van der Waals surface area contributed by atoms with Gasteiger partial charge in [0.15, 0.2) is 11.6 Å². The summed E-state index contributed by atoms with van der Waals surface area (Å²) >= 11 is 0. The fraction of sp³-hybridized carbons (Fsp3) is 0.222. The number of methoxy groups -OCH3 is 1. The van der Waals surface area contributed by atoms with Crippen molar-refractivity contribution in [2.75, 3.05) is 22.5 Å². The quantitative estimate of drug-likeness (QED) is 0.219. The van der Waals surface area contributed by atoms with E-state index in [2.05, 4.69) is 25.3 Å². The smallest absolute Gasteiger partial charge is 0.263 e. The number of anilines is 4. The van der Waals surface area contributed by atoms with E-state index in [-0.39, 0.29) is 41.5 Å². The molecule has 0 aliphatic carbocycles. The summed E-state index contributed by atoms with van der Waals surface area (Å²) in [5.41, 5.74) is 1.79. The molecule has 200 valence electrons. The van der Waals surface area contributed by atoms with E-state index < -0.39 is 10.0 Å². The van der Waals surface area contributed by atoms with Crippen LogP contribution in [0.2, 0.25) is 0 Å². The molecule has 38 heavy (non-hydrogen) atoms. The highest BCUT2D eigenvalue weighted by Crippen LogP contribution is 2.31. The van der Waals surface area contributed by atoms with Crippen LogP contribution >= 0.6 is 0 Å². The van der Waals surface area contributed by atoms with Crippen LogP contribution in [0.4, 0.5) is 23.0 Å². The molecule has 1 atom stereocenters. The van der Waals surface area contributed by atoms with Crippen molar-refractivity contribution < 1.29 is 23.1 Å². The molecular weight excluding hydrogens is 506 g/mol. The Labute approximate surface area is 222 Å². The summed E-state index contributed by atoms with van der Waals surface area (Å²) in [4.78, 5) is 21.2. The number of benzene rings is 3. The summed E-state index contributed by atoms with van der Waals surface area (Å²) in [6.07, 6.45) is 0.660. The number of carbonyl (C=O) groups excluding carboxylic acids is 1. The second kappa shape index (κ2) is 11.8. The number of para-hydroxylation sites is 2. The summed E-state index contributed by atoms with van der Waals surface area (Å²) in [7, 11) is -2.65. The molecule has 0 spiro atoms. The lowest BCUT2D eigenvalue weighted by Gasteiger charge is -2.15. The second-order valence-electron chi connectivity index (χ2n) is 8.39. The Bertz CT molecular complexity index is 1560. The number of ether oxygens (including phenoxy) is 1. The van der Waals surface area contributed by atoms with E-state index in [9.17, 15) is 18.3 Å². The summed E-state index contributed by atoms with van der Waals surface area (Å²) in [5, 5.41) is 15.8. The Morgan fingerprint density at radius 3 is 2.32 bits per heavy atom. The molecule has 4 N–H and O–H groups in total. The van der Waals surface area contributed by atoms with Gasteiger partial charge >= 0.3 is 0 Å². The van der Waals surface area contributed by atoms with Gasteiger partial charge in [0, 0.05) is 35.5 Å². The number of aromatic nitrogens is 2. The van der Waals surface area contributed by atoms with Gasteiger partial charge in [-0.2, -0.15) is 0 Å². The van der Waals surface area contributed by atoms with Crippen LogP contribution < -0.4 is 20.1 Å². The molecule has 4 aromatic rings. The first kappa shape index (κ1) is 28.2. The lowest BCUT2D eigenvalue weighted by molar-refractivity contribution is -0.119. The third-order valence-corrected chi connectivity index (χ3v) is 7.00. The van der Waals surface area contributed by atoms with Gasteiger partial charge in [0.05, 0.1) is 23.0 Å². The van der Waals surface area contributed by atoms with Crippen LogP contribution in [-0.2, 0) is 14.8 Å². The first-order valence-corrected chi connectivity index (χ1v) is 13.0. The number of phenolic OH excluding ortho intramolecular Hbond substituents is 1. The molecule has 11 heteroatoms. The third kappa shape index (κ3) is 6.48. The highest BCUT2D eigenvalue weighted by Gasteiger charge is 2.20. The van der Waals surface area contributed by atoms with Gasteiger partial charge < -0.3 is 20.5 Å². The van der Waals surface area contributed by atoms with E-state index >= 15 is 0 Å². The maximum atomic E-state index is 13.3. The average molecular weight is 538 g/mol. The second-order valence-corrected chi connectivity index (χ2v) is 10.1. The minimum atomic E-state index is -4.12. The standard InChI is InChI=1S/C26H27N5O5S.CH4/c1-4-16(2)26(33)28-17-8-7-9-21(14-17)37(34,35)31-25-24(29-22-10-5-6-11-23(22)30-25)27-18-12-19(32)15-20(13-18)36-3;/h5-16,32H,4H2,1-3H3,(H,27,29)(H,28,33)(H,30,31);1H4. The Balaban J connectivity index is 0.00000400. The van der Waals surface area contributed by atoms with E-state index in [0.717, 1.165) is 0 Å². The van der Waals surface area contributed by atoms with Crippen LogP contribution in [0, 0.1) is 5.92 Å². The number of nitrogens with one attached hydrogen (secondary N) is 3. The predicted molar refractivity (Wildman–Crippen MR) is 150 cm³/mol. The molecule has 1 heterocycles. The molecule has 0 radical (unpaired) electrons. The molecule has 4 rings (SSSR count). The number of aromatic hydroxyl groups is 1. The first-order valence-electron chi connectivity index (χ1n) is 11.5. The van der Waals surface area contributed by atoms with Gasteiger partial charge in [-0.25, -0.2) is 18.4 Å². The lowest BCUT2D eigenvalue weighted by Crippen LogP contribution is -2.20. The first-order chi connectivity index (χ1) is 17.7. The van der Waals surface area contributed by atoms with E-state index in [1.54, 1.807) is 49.4 Å². The van der Waals surface area contributed by atoms with Crippen molar-refractivity contribution in [1.82, 2.24) is 9.97 Å². The lowest BCUT2D eigenvalue weighted by atomic mass is 10.1. The zero-order chi connectivity index (χ0) is 26.6. The molecule has 3 aromatic carbocycles. The third-order valence-electron chi connectivity index (χ3n) is 5.66. The Kier molecular flexibility index (Phi) is 8.74. The van der Waals surface area contributed by atoms with Crippen LogP contribution in [0.25, 0.3) is 11.0 Å². The van der Waals surface area contributed by atoms with E-state index in [1.807, 2.05) is 6.92 Å². The van der Waals surface area contributed by atoms with Crippen LogP contribution in [0.1, 0.15) is 27.7 Å². The zero-order valence-corrected chi connectivity index (χ0v) is 21.3. The van der Waals surface area contributed by atoms with Crippen LogP contribution in [-0.4, -0.2) is 36.5 Å². The van der Waals surface area contributed by atoms with Crippen LogP contribution in [0.15, 0.2) is 71.6 Å². The summed E-state index contributed by atoms with van der Waals surface area (Å²) in [5.74, 6) is 0.0178. The fourth-order valence-electron chi connectivity index (χ4n) is 3.45. The highest BCUT2D eigenvalue weighted by atomic mass is 32.2. The molecular formula is C27H31N5O5S. The SMILES string of the molecule is C.CCC(C)C(=O)Nc1cccc(S(=O)(=O)Nc2nc3ccccc3nc2Nc2cc(O)cc(OC)c2)c1. The van der Waals surface area contributed by atoms with Crippen molar-refractivity contribution in [2.45, 2.75) is 32.6 Å². The molecule has 0 fully saturated rings. The van der Waals surface area contributed by atoms with Gasteiger partial charge in [0.2, 0.25) is 5.91 Å². The molecule has 10 nitrogen and oxygen atoms in total. The average Bonchev–Trinajstić information content (AvgIpc) is 2.88. The van der Waals surface area contributed by atoms with Gasteiger partial charge in [-0.05, 0) is 36.8 Å². The molecule has 1 amide bonds. The number of carbonyl (C=O) groups is 1. The van der Waals surface area contributed by atoms with Crippen LogP contribution in [0.5, 0.6) is 11.5 Å². The van der Waals surface area contributed by atoms with Gasteiger partial charge in [-0.15, -0.1) is 0 Å². The summed E-state index contributed by atoms with van der Waals surface area (Å²) < 4.78 is 34.4. The molecule has 0 aliphatic rings. The van der Waals surface area contributed by atoms with Crippen molar-refractivity contribution in [3.63, 3.8) is 0 Å². The van der Waals surface area contributed by atoms with E-state index in [4.69, 9.17) is 4.74 Å². The Morgan fingerprint density at radius 1 is 0.974 bits per heavy atom. The molecule has 0 saturated carbocycles. The monoisotopic (exact) mass is 537 g/mol. The molecule has 1 unspecified atom stereocenters. The van der Waals surface area contributed by atoms with Crippen molar-refractivity contribution in [3.05, 3.63) is 66.7 Å². The van der Waals surface area contributed by atoms with Crippen molar-refractivity contribution in [2.24, 2.45) is 5.92 Å². The van der Waals surface area contributed by atoms with E-state index in [0.29, 0.717) is 34.6 Å². The largest absolute Gasteiger partial charge is 0.508 e. The van der Waals surface area contributed by atoms with Gasteiger partial charge in [0.25, 0.3) is 10.0 Å². The number of hydrogen-bond acceptors (Lipinski definition) is 8. The minimum absolute atomic E-state index is 0. The zero-order valence-electron chi connectivity index (χ0n) is 20.5. The van der Waals surface area contributed by atoms with Gasteiger partial charge in [0.1, 0.15) is 11.5 Å². The summed E-state index contributed by atoms with van der Waals surface area (Å²) in [6.45, 7) is 3.70. The molecule has 1 aromatic heterocycles. The number of fused-ring (bicyclic) bond motifs is 1. The summed E-state index contributed by atoms with van der Waals surface area (Å²) in [6, 6.07) is 17.5. The Hall–Kier alpha value is -4.38. The minimum Gasteiger partial charge on any atom is -0.508 e. The molecule has 0 saturated heterocycles. The van der Waals surface area contributed by atoms with Crippen molar-refractivity contribution in [3.8, 4) is 11.5 Å². The number of amides is 1. The number of rotatable bonds is 9. The highest BCUT2D eigenvalue weighted by molar-refractivity contribution is 7.92.